The first-order valence-electron chi connectivity index (χ1n) is 6.67. The van der Waals surface area contributed by atoms with Gasteiger partial charge in [-0.05, 0) is 30.3 Å². The molecule has 0 atom stereocenters. The van der Waals surface area contributed by atoms with Gasteiger partial charge in [-0.3, -0.25) is 4.90 Å². The zero-order valence-electron chi connectivity index (χ0n) is 11.7. The average molecular weight is 262 g/mol. The van der Waals surface area contributed by atoms with Crippen molar-refractivity contribution in [3.63, 3.8) is 0 Å². The minimum atomic E-state index is 0.718. The first-order chi connectivity index (χ1) is 9.78. The summed E-state index contributed by atoms with van der Waals surface area (Å²) in [5.74, 6) is 0. The van der Waals surface area contributed by atoms with E-state index >= 15 is 0 Å². The number of hydrogen-bond acceptors (Lipinski definition) is 2. The second-order valence-corrected chi connectivity index (χ2v) is 4.82. The Kier molecular flexibility index (Phi) is 5.11. The minimum absolute atomic E-state index is 0.718. The largest absolute Gasteiger partial charge is 0.298 e. The Hall–Kier alpha value is -2.37. The summed E-state index contributed by atoms with van der Waals surface area (Å²) >= 11 is 0. The summed E-state index contributed by atoms with van der Waals surface area (Å²) < 4.78 is 0. The summed E-state index contributed by atoms with van der Waals surface area (Å²) in [4.78, 5) is 2.22. The van der Waals surface area contributed by atoms with Gasteiger partial charge in [0.25, 0.3) is 0 Å². The van der Waals surface area contributed by atoms with Gasteiger partial charge in [-0.15, -0.1) is 0 Å². The molecule has 0 bridgehead atoms. The van der Waals surface area contributed by atoms with Gasteiger partial charge < -0.3 is 0 Å². The highest BCUT2D eigenvalue weighted by Gasteiger charge is 1.99. The van der Waals surface area contributed by atoms with Crippen LogP contribution in [0.2, 0.25) is 0 Å². The smallest absolute Gasteiger partial charge is 0.0991 e. The molecule has 0 aromatic heterocycles. The van der Waals surface area contributed by atoms with Crippen LogP contribution in [0.25, 0.3) is 6.08 Å². The minimum Gasteiger partial charge on any atom is -0.298 e. The van der Waals surface area contributed by atoms with Crippen molar-refractivity contribution in [1.29, 1.82) is 5.26 Å². The van der Waals surface area contributed by atoms with Crippen LogP contribution in [0.1, 0.15) is 16.7 Å². The molecule has 0 aliphatic carbocycles. The Labute approximate surface area is 120 Å². The Morgan fingerprint density at radius 2 is 1.90 bits per heavy atom. The Morgan fingerprint density at radius 1 is 1.10 bits per heavy atom. The Balaban J connectivity index is 1.88. The molecule has 0 fully saturated rings. The Bertz CT molecular complexity index is 609. The summed E-state index contributed by atoms with van der Waals surface area (Å²) in [6.07, 6.45) is 4.28. The van der Waals surface area contributed by atoms with Crippen LogP contribution < -0.4 is 0 Å². The normalized spacial score (nSPS) is 10.8. The average Bonchev–Trinajstić information content (AvgIpc) is 2.48. The van der Waals surface area contributed by atoms with Crippen molar-refractivity contribution < 1.29 is 0 Å². The van der Waals surface area contributed by atoms with Gasteiger partial charge in [-0.25, -0.2) is 0 Å². The molecule has 0 heterocycles. The van der Waals surface area contributed by atoms with E-state index in [1.807, 2.05) is 36.4 Å². The van der Waals surface area contributed by atoms with Gasteiger partial charge in [-0.2, -0.15) is 5.26 Å². The maximum absolute atomic E-state index is 8.89. The lowest BCUT2D eigenvalue weighted by molar-refractivity contribution is 0.364. The van der Waals surface area contributed by atoms with Crippen LogP contribution in [0.15, 0.2) is 60.7 Å². The van der Waals surface area contributed by atoms with Crippen LogP contribution in [0, 0.1) is 11.3 Å². The molecule has 0 amide bonds. The molecular weight excluding hydrogens is 244 g/mol. The van der Waals surface area contributed by atoms with Crippen LogP contribution in [0.4, 0.5) is 0 Å². The fourth-order valence-corrected chi connectivity index (χ4v) is 2.05. The van der Waals surface area contributed by atoms with Gasteiger partial charge in [0.15, 0.2) is 0 Å². The van der Waals surface area contributed by atoms with Crippen LogP contribution in [-0.2, 0) is 6.54 Å². The third-order valence-corrected chi connectivity index (χ3v) is 3.04. The molecule has 2 rings (SSSR count). The summed E-state index contributed by atoms with van der Waals surface area (Å²) in [5.41, 5.74) is 3.10. The quantitative estimate of drug-likeness (QED) is 0.821. The highest BCUT2D eigenvalue weighted by Crippen LogP contribution is 2.07. The molecular formula is C18H18N2. The van der Waals surface area contributed by atoms with Crippen molar-refractivity contribution in [3.05, 3.63) is 77.4 Å². The molecule has 2 aromatic rings. The third kappa shape index (κ3) is 4.38. The van der Waals surface area contributed by atoms with E-state index < -0.39 is 0 Å². The molecule has 2 heteroatoms. The molecule has 0 spiro atoms. The fraction of sp³-hybridized carbons (Fsp3) is 0.167. The summed E-state index contributed by atoms with van der Waals surface area (Å²) in [6.45, 7) is 1.72. The Morgan fingerprint density at radius 3 is 2.65 bits per heavy atom. The lowest BCUT2D eigenvalue weighted by Crippen LogP contribution is -2.17. The van der Waals surface area contributed by atoms with Crippen molar-refractivity contribution in [3.8, 4) is 6.07 Å². The van der Waals surface area contributed by atoms with E-state index in [1.165, 1.54) is 11.1 Å². The van der Waals surface area contributed by atoms with Crippen molar-refractivity contribution in [2.75, 3.05) is 13.6 Å². The number of hydrogen-bond donors (Lipinski definition) is 0. The van der Waals surface area contributed by atoms with E-state index in [0.717, 1.165) is 18.7 Å². The molecule has 2 nitrogen and oxygen atoms in total. The van der Waals surface area contributed by atoms with Crippen molar-refractivity contribution >= 4 is 6.08 Å². The predicted octanol–water partition coefficient (Wildman–Crippen LogP) is 3.70. The molecule has 0 aliphatic rings. The SMILES string of the molecule is CN(CC=Cc1ccccc1)Cc1cccc(C#N)c1. The molecule has 0 saturated carbocycles. The van der Waals surface area contributed by atoms with E-state index in [9.17, 15) is 0 Å². The predicted molar refractivity (Wildman–Crippen MR) is 83.0 cm³/mol. The number of rotatable bonds is 5. The number of benzene rings is 2. The van der Waals surface area contributed by atoms with E-state index in [2.05, 4.69) is 48.4 Å². The lowest BCUT2D eigenvalue weighted by atomic mass is 10.1. The molecule has 0 N–H and O–H groups in total. The molecule has 20 heavy (non-hydrogen) atoms. The van der Waals surface area contributed by atoms with Crippen LogP contribution in [-0.4, -0.2) is 18.5 Å². The van der Waals surface area contributed by atoms with Gasteiger partial charge in [0.05, 0.1) is 11.6 Å². The van der Waals surface area contributed by atoms with E-state index in [4.69, 9.17) is 5.26 Å². The van der Waals surface area contributed by atoms with Crippen molar-refractivity contribution in [2.24, 2.45) is 0 Å². The van der Waals surface area contributed by atoms with Gasteiger partial charge in [0.1, 0.15) is 0 Å². The van der Waals surface area contributed by atoms with E-state index in [-0.39, 0.29) is 0 Å². The lowest BCUT2D eigenvalue weighted by Gasteiger charge is -2.14. The molecule has 100 valence electrons. The van der Waals surface area contributed by atoms with Crippen molar-refractivity contribution in [2.45, 2.75) is 6.54 Å². The first kappa shape index (κ1) is 14.0. The second kappa shape index (κ2) is 7.28. The fourth-order valence-electron chi connectivity index (χ4n) is 2.05. The zero-order valence-corrected chi connectivity index (χ0v) is 11.7. The molecule has 2 aromatic carbocycles. The van der Waals surface area contributed by atoms with E-state index in [1.54, 1.807) is 0 Å². The number of nitrogens with zero attached hydrogens (tertiary/aromatic N) is 2. The monoisotopic (exact) mass is 262 g/mol. The zero-order chi connectivity index (χ0) is 14.2. The first-order valence-corrected chi connectivity index (χ1v) is 6.67. The van der Waals surface area contributed by atoms with Crippen LogP contribution in [0.3, 0.4) is 0 Å². The third-order valence-electron chi connectivity index (χ3n) is 3.04. The topological polar surface area (TPSA) is 27.0 Å². The number of likely N-dealkylation sites (N-methyl/N-ethyl adjacent to an activating group) is 1. The molecule has 0 radical (unpaired) electrons. The molecule has 0 unspecified atom stereocenters. The maximum Gasteiger partial charge on any atom is 0.0991 e. The van der Waals surface area contributed by atoms with Crippen LogP contribution in [0.5, 0.6) is 0 Å². The maximum atomic E-state index is 8.89. The highest BCUT2D eigenvalue weighted by molar-refractivity contribution is 5.48. The van der Waals surface area contributed by atoms with Gasteiger partial charge in [0.2, 0.25) is 0 Å². The molecule has 0 saturated heterocycles. The van der Waals surface area contributed by atoms with E-state index in [0.29, 0.717) is 0 Å². The van der Waals surface area contributed by atoms with Crippen molar-refractivity contribution in [1.82, 2.24) is 4.90 Å². The number of nitriles is 1. The van der Waals surface area contributed by atoms with Gasteiger partial charge in [0, 0.05) is 13.1 Å². The van der Waals surface area contributed by atoms with Gasteiger partial charge in [-0.1, -0.05) is 54.6 Å². The standard InChI is InChI=1S/C18H18N2/c1-20(12-6-11-16-7-3-2-4-8-16)15-18-10-5-9-17(13-18)14-19/h2-11,13H,12,15H2,1H3. The summed E-state index contributed by atoms with van der Waals surface area (Å²) in [5, 5.41) is 8.89. The summed E-state index contributed by atoms with van der Waals surface area (Å²) in [7, 11) is 2.08. The van der Waals surface area contributed by atoms with Crippen LogP contribution >= 0.6 is 0 Å². The summed E-state index contributed by atoms with van der Waals surface area (Å²) in [6, 6.07) is 20.2. The van der Waals surface area contributed by atoms with Gasteiger partial charge >= 0.3 is 0 Å². The highest BCUT2D eigenvalue weighted by atomic mass is 15.1. The second-order valence-electron chi connectivity index (χ2n) is 4.82. The molecule has 0 aliphatic heterocycles.